The highest BCUT2D eigenvalue weighted by Crippen LogP contribution is 2.28. The minimum absolute atomic E-state index is 0.0646. The van der Waals surface area contributed by atoms with Crippen LogP contribution in [0.15, 0.2) is 47.9 Å². The van der Waals surface area contributed by atoms with Gasteiger partial charge in [0.15, 0.2) is 0 Å². The lowest BCUT2D eigenvalue weighted by atomic mass is 10.3. The van der Waals surface area contributed by atoms with E-state index in [1.165, 1.54) is 50.7 Å². The first-order chi connectivity index (χ1) is 13.7. The molecule has 0 spiro atoms. The summed E-state index contributed by atoms with van der Waals surface area (Å²) >= 11 is 7.43. The highest BCUT2D eigenvalue weighted by Gasteiger charge is 2.20. The highest BCUT2D eigenvalue weighted by atomic mass is 35.5. The molecule has 0 radical (unpaired) electrons. The summed E-state index contributed by atoms with van der Waals surface area (Å²) in [5.74, 6) is 0.0727. The minimum atomic E-state index is -3.64. The maximum Gasteiger partial charge on any atom is 0.242 e. The first kappa shape index (κ1) is 23.4. The van der Waals surface area contributed by atoms with Crippen molar-refractivity contribution in [1.29, 1.82) is 0 Å². The van der Waals surface area contributed by atoms with Gasteiger partial charge in [0.2, 0.25) is 15.9 Å². The number of ether oxygens (including phenoxy) is 1. The summed E-state index contributed by atoms with van der Waals surface area (Å²) in [7, 11) is 0.708. The zero-order valence-electron chi connectivity index (χ0n) is 16.5. The lowest BCUT2D eigenvalue weighted by Gasteiger charge is -2.20. The topological polar surface area (TPSA) is 79.0 Å². The van der Waals surface area contributed by atoms with E-state index in [1.807, 2.05) is 17.0 Å². The number of nitrogens with zero attached hydrogens (tertiary/aromatic N) is 2. The van der Waals surface area contributed by atoms with E-state index >= 15 is 0 Å². The molecule has 10 heteroatoms. The van der Waals surface area contributed by atoms with Gasteiger partial charge in [-0.25, -0.2) is 12.7 Å². The first-order valence-corrected chi connectivity index (χ1v) is 11.3. The molecule has 2 aromatic rings. The average molecular weight is 458 g/mol. The van der Waals surface area contributed by atoms with E-state index in [1.54, 1.807) is 6.08 Å². The van der Waals surface area contributed by atoms with Crippen molar-refractivity contribution < 1.29 is 17.9 Å². The Morgan fingerprint density at radius 1 is 1.31 bits per heavy atom. The molecule has 1 amide bonds. The van der Waals surface area contributed by atoms with Crippen LogP contribution in [0.2, 0.25) is 4.34 Å². The molecule has 0 fully saturated rings. The van der Waals surface area contributed by atoms with Crippen LogP contribution < -0.4 is 10.1 Å². The fourth-order valence-corrected chi connectivity index (χ4v) is 4.63. The third-order valence-electron chi connectivity index (χ3n) is 3.99. The second-order valence-corrected chi connectivity index (χ2v) is 10.3. The van der Waals surface area contributed by atoms with Gasteiger partial charge in [0, 0.05) is 32.1 Å². The average Bonchev–Trinajstić information content (AvgIpc) is 3.06. The summed E-state index contributed by atoms with van der Waals surface area (Å²) in [4.78, 5) is 15.6. The molecular weight excluding hydrogens is 434 g/mol. The van der Waals surface area contributed by atoms with Gasteiger partial charge in [-0.2, -0.15) is 0 Å². The van der Waals surface area contributed by atoms with E-state index in [9.17, 15) is 13.2 Å². The van der Waals surface area contributed by atoms with E-state index in [0.29, 0.717) is 23.2 Å². The summed E-state index contributed by atoms with van der Waals surface area (Å²) in [6.45, 7) is 4.88. The van der Waals surface area contributed by atoms with E-state index in [-0.39, 0.29) is 23.0 Å². The number of nitrogens with one attached hydrogen (secondary N) is 1. The molecule has 1 aromatic heterocycles. The molecule has 0 saturated carbocycles. The van der Waals surface area contributed by atoms with Crippen LogP contribution in [-0.4, -0.2) is 57.8 Å². The van der Waals surface area contributed by atoms with Crippen molar-refractivity contribution in [2.24, 2.45) is 0 Å². The van der Waals surface area contributed by atoms with E-state index in [0.717, 1.165) is 9.18 Å². The fourth-order valence-electron chi connectivity index (χ4n) is 2.57. The van der Waals surface area contributed by atoms with Gasteiger partial charge in [-0.05, 0) is 30.3 Å². The zero-order chi connectivity index (χ0) is 21.6. The van der Waals surface area contributed by atoms with E-state index < -0.39 is 10.0 Å². The van der Waals surface area contributed by atoms with Gasteiger partial charge in [-0.15, -0.1) is 17.9 Å². The van der Waals surface area contributed by atoms with Crippen LogP contribution in [-0.2, 0) is 21.4 Å². The van der Waals surface area contributed by atoms with Crippen molar-refractivity contribution in [3.63, 3.8) is 0 Å². The smallest absolute Gasteiger partial charge is 0.242 e. The van der Waals surface area contributed by atoms with E-state index in [2.05, 4.69) is 11.9 Å². The molecule has 0 aliphatic rings. The molecule has 2 rings (SSSR count). The Balaban J connectivity index is 2.18. The quantitative estimate of drug-likeness (QED) is 0.554. The zero-order valence-corrected chi connectivity index (χ0v) is 18.9. The molecule has 158 valence electrons. The number of halogens is 1. The molecule has 1 N–H and O–H groups in total. The predicted molar refractivity (Wildman–Crippen MR) is 117 cm³/mol. The maximum atomic E-state index is 12.6. The van der Waals surface area contributed by atoms with Crippen LogP contribution in [0.5, 0.6) is 5.75 Å². The Kier molecular flexibility index (Phi) is 8.23. The number of thiophene rings is 1. The number of sulfonamides is 1. The number of hydrogen-bond acceptors (Lipinski definition) is 6. The summed E-state index contributed by atoms with van der Waals surface area (Å²) in [5, 5.41) is 2.75. The third kappa shape index (κ3) is 6.28. The van der Waals surface area contributed by atoms with Crippen molar-refractivity contribution in [3.8, 4) is 5.75 Å². The van der Waals surface area contributed by atoms with Crippen LogP contribution >= 0.6 is 22.9 Å². The van der Waals surface area contributed by atoms with Crippen molar-refractivity contribution in [1.82, 2.24) is 9.21 Å². The SMILES string of the molecule is C=CCN(CC(=O)Nc1cc(S(=O)(=O)N(C)C)ccc1OC)Cc1ccc(Cl)s1. The standard InChI is InChI=1S/C19H24ClN3O4S2/c1-5-10-23(12-14-6-9-18(20)28-14)13-19(24)21-16-11-15(7-8-17(16)27-4)29(25,26)22(2)3/h5-9,11H,1,10,12-13H2,2-4H3,(H,21,24). The Labute approximate surface area is 180 Å². The van der Waals surface area contributed by atoms with Crippen LogP contribution in [0.25, 0.3) is 0 Å². The number of hydrogen-bond donors (Lipinski definition) is 1. The number of rotatable bonds is 10. The fraction of sp³-hybridized carbons (Fsp3) is 0.316. The molecule has 0 bridgehead atoms. The molecule has 1 aromatic carbocycles. The van der Waals surface area contributed by atoms with Crippen LogP contribution in [0.4, 0.5) is 5.69 Å². The van der Waals surface area contributed by atoms with Gasteiger partial charge in [-0.3, -0.25) is 9.69 Å². The summed E-state index contributed by atoms with van der Waals surface area (Å²) in [5.41, 5.74) is 0.290. The molecule has 0 unspecified atom stereocenters. The maximum absolute atomic E-state index is 12.6. The van der Waals surface area contributed by atoms with Gasteiger partial charge in [-0.1, -0.05) is 17.7 Å². The van der Waals surface area contributed by atoms with Crippen molar-refractivity contribution in [2.75, 3.05) is 39.6 Å². The number of carbonyl (C=O) groups excluding carboxylic acids is 1. The second kappa shape index (κ2) is 10.2. The van der Waals surface area contributed by atoms with Crippen molar-refractivity contribution >= 4 is 44.6 Å². The molecule has 7 nitrogen and oxygen atoms in total. The summed E-state index contributed by atoms with van der Waals surface area (Å²) in [6, 6.07) is 8.08. The number of carbonyl (C=O) groups is 1. The first-order valence-electron chi connectivity index (χ1n) is 8.65. The van der Waals surface area contributed by atoms with Gasteiger partial charge in [0.05, 0.1) is 28.6 Å². The van der Waals surface area contributed by atoms with Gasteiger partial charge < -0.3 is 10.1 Å². The molecule has 0 atom stereocenters. The second-order valence-electron chi connectivity index (χ2n) is 6.36. The Morgan fingerprint density at radius 2 is 2.03 bits per heavy atom. The number of amides is 1. The summed E-state index contributed by atoms with van der Waals surface area (Å²) < 4.78 is 31.8. The Morgan fingerprint density at radius 3 is 2.59 bits per heavy atom. The van der Waals surface area contributed by atoms with Gasteiger partial charge in [0.1, 0.15) is 5.75 Å². The Hall–Kier alpha value is -1.91. The molecule has 29 heavy (non-hydrogen) atoms. The number of benzene rings is 1. The molecule has 0 aliphatic heterocycles. The van der Waals surface area contributed by atoms with Crippen LogP contribution in [0, 0.1) is 0 Å². The molecular formula is C19H24ClN3O4S2. The van der Waals surface area contributed by atoms with E-state index in [4.69, 9.17) is 16.3 Å². The van der Waals surface area contributed by atoms with Crippen LogP contribution in [0.1, 0.15) is 4.88 Å². The highest BCUT2D eigenvalue weighted by molar-refractivity contribution is 7.89. The van der Waals surface area contributed by atoms with Crippen molar-refractivity contribution in [2.45, 2.75) is 11.4 Å². The van der Waals surface area contributed by atoms with Crippen LogP contribution in [0.3, 0.4) is 0 Å². The largest absolute Gasteiger partial charge is 0.495 e. The van der Waals surface area contributed by atoms with Crippen molar-refractivity contribution in [3.05, 3.63) is 52.2 Å². The minimum Gasteiger partial charge on any atom is -0.495 e. The molecule has 1 heterocycles. The van der Waals surface area contributed by atoms with Gasteiger partial charge in [0.25, 0.3) is 0 Å². The Bertz CT molecular complexity index is 974. The number of methoxy groups -OCH3 is 1. The monoisotopic (exact) mass is 457 g/mol. The number of anilines is 1. The molecule has 0 saturated heterocycles. The predicted octanol–water partition coefficient (Wildman–Crippen LogP) is 3.29. The lowest BCUT2D eigenvalue weighted by molar-refractivity contribution is -0.117. The normalized spacial score (nSPS) is 11.7. The summed E-state index contributed by atoms with van der Waals surface area (Å²) in [6.07, 6.45) is 1.72. The molecule has 0 aliphatic carbocycles. The van der Waals surface area contributed by atoms with Gasteiger partial charge >= 0.3 is 0 Å². The lowest BCUT2D eigenvalue weighted by Crippen LogP contribution is -2.33. The third-order valence-corrected chi connectivity index (χ3v) is 7.01.